The summed E-state index contributed by atoms with van der Waals surface area (Å²) < 4.78 is 0. The lowest BCUT2D eigenvalue weighted by Gasteiger charge is -2.27. The van der Waals surface area contributed by atoms with Crippen LogP contribution in [0.15, 0.2) is 48.5 Å². The fourth-order valence-corrected chi connectivity index (χ4v) is 3.39. The summed E-state index contributed by atoms with van der Waals surface area (Å²) in [5, 5.41) is 33.7. The Morgan fingerprint density at radius 2 is 1.27 bits per heavy atom. The number of imide groups is 1. The molecule has 3 aromatic carbocycles. The van der Waals surface area contributed by atoms with Gasteiger partial charge >= 0.3 is 0 Å². The Kier molecular flexibility index (Phi) is 4.74. The number of hydrogen-bond donors (Lipinski definition) is 1. The van der Waals surface area contributed by atoms with E-state index in [2.05, 4.69) is 0 Å². The third-order valence-electron chi connectivity index (χ3n) is 4.84. The van der Waals surface area contributed by atoms with Crippen LogP contribution in [0.5, 0.6) is 0 Å². The lowest BCUT2D eigenvalue weighted by atomic mass is 9.93. The van der Waals surface area contributed by atoms with Crippen molar-refractivity contribution in [1.29, 1.82) is 0 Å². The summed E-state index contributed by atoms with van der Waals surface area (Å²) in [6.45, 7) is 0. The molecule has 1 heterocycles. The number of rotatable bonds is 5. The van der Waals surface area contributed by atoms with Crippen LogP contribution in [0.1, 0.15) is 31.1 Å². The first-order chi connectivity index (χ1) is 15.6. The Bertz CT molecular complexity index is 1380. The van der Waals surface area contributed by atoms with Crippen molar-refractivity contribution in [2.24, 2.45) is 0 Å². The number of nitrogens with zero attached hydrogens (tertiary/aromatic N) is 4. The summed E-state index contributed by atoms with van der Waals surface area (Å²) in [6.07, 6.45) is 0. The number of amides is 3. The van der Waals surface area contributed by atoms with E-state index in [4.69, 9.17) is 0 Å². The molecule has 14 heteroatoms. The van der Waals surface area contributed by atoms with E-state index in [-0.39, 0.29) is 32.5 Å². The molecule has 1 aliphatic rings. The van der Waals surface area contributed by atoms with Crippen molar-refractivity contribution >= 4 is 45.6 Å². The Morgan fingerprint density at radius 1 is 0.758 bits per heavy atom. The van der Waals surface area contributed by atoms with E-state index >= 15 is 0 Å². The number of benzene rings is 3. The zero-order valence-corrected chi connectivity index (χ0v) is 16.1. The Hall–Kier alpha value is -5.27. The average Bonchev–Trinajstić information content (AvgIpc) is 2.79. The van der Waals surface area contributed by atoms with Crippen LogP contribution in [0.4, 0.5) is 17.1 Å². The molecule has 0 bridgehead atoms. The number of nitro benzene ring substituents is 3. The highest BCUT2D eigenvalue weighted by atomic mass is 16.6. The van der Waals surface area contributed by atoms with E-state index in [0.29, 0.717) is 0 Å². The summed E-state index contributed by atoms with van der Waals surface area (Å²) >= 11 is 0. The SMILES string of the molecule is O=C(NN1C(=O)c2cc([N+](=O)[O-])cc3cc([N+](=O)[O-])cc(c23)C1=O)c1cccc([N+](=O)[O-])c1. The van der Waals surface area contributed by atoms with Crippen molar-refractivity contribution in [3.05, 3.63) is 95.6 Å². The van der Waals surface area contributed by atoms with Crippen molar-refractivity contribution < 1.29 is 29.2 Å². The van der Waals surface area contributed by atoms with Gasteiger partial charge in [0.2, 0.25) is 0 Å². The van der Waals surface area contributed by atoms with Gasteiger partial charge in [0.1, 0.15) is 0 Å². The van der Waals surface area contributed by atoms with Crippen molar-refractivity contribution in [3.63, 3.8) is 0 Å². The van der Waals surface area contributed by atoms with Crippen LogP contribution in [0, 0.1) is 30.3 Å². The van der Waals surface area contributed by atoms with Crippen LogP contribution in [0.3, 0.4) is 0 Å². The Morgan fingerprint density at radius 3 is 1.76 bits per heavy atom. The first kappa shape index (κ1) is 21.0. The average molecular weight is 451 g/mol. The van der Waals surface area contributed by atoms with Gasteiger partial charge in [-0.1, -0.05) is 6.07 Å². The van der Waals surface area contributed by atoms with Crippen molar-refractivity contribution in [2.45, 2.75) is 0 Å². The molecular weight excluding hydrogens is 442 g/mol. The minimum atomic E-state index is -1.12. The maximum atomic E-state index is 13.0. The van der Waals surface area contributed by atoms with Crippen molar-refractivity contribution in [1.82, 2.24) is 10.4 Å². The zero-order chi connectivity index (χ0) is 24.0. The van der Waals surface area contributed by atoms with Gasteiger partial charge in [0.15, 0.2) is 0 Å². The molecule has 0 saturated carbocycles. The van der Waals surface area contributed by atoms with Gasteiger partial charge in [-0.25, -0.2) is 0 Å². The van der Waals surface area contributed by atoms with E-state index in [9.17, 15) is 44.7 Å². The van der Waals surface area contributed by atoms with Crippen LogP contribution in [0.25, 0.3) is 10.8 Å². The van der Waals surface area contributed by atoms with Gasteiger partial charge in [-0.15, -0.1) is 0 Å². The number of nitro groups is 3. The highest BCUT2D eigenvalue weighted by molar-refractivity contribution is 6.26. The molecule has 0 radical (unpaired) electrons. The van der Waals surface area contributed by atoms with E-state index in [0.717, 1.165) is 36.4 Å². The number of nitrogens with one attached hydrogen (secondary N) is 1. The van der Waals surface area contributed by atoms with E-state index in [1.165, 1.54) is 12.1 Å². The lowest BCUT2D eigenvalue weighted by Crippen LogP contribution is -2.51. The maximum absolute atomic E-state index is 13.0. The topological polar surface area (TPSA) is 196 Å². The Balaban J connectivity index is 1.83. The third-order valence-corrected chi connectivity index (χ3v) is 4.84. The van der Waals surface area contributed by atoms with Crippen molar-refractivity contribution in [2.75, 3.05) is 0 Å². The van der Waals surface area contributed by atoms with E-state index in [1.807, 2.05) is 5.43 Å². The van der Waals surface area contributed by atoms with E-state index < -0.39 is 49.6 Å². The van der Waals surface area contributed by atoms with Crippen LogP contribution < -0.4 is 5.43 Å². The molecular formula is C19H9N5O9. The number of hydrazine groups is 1. The van der Waals surface area contributed by atoms with Gasteiger partial charge in [-0.05, 0) is 11.5 Å². The molecule has 0 fully saturated rings. The highest BCUT2D eigenvalue weighted by Crippen LogP contribution is 2.36. The molecule has 14 nitrogen and oxygen atoms in total. The molecule has 0 aromatic heterocycles. The van der Waals surface area contributed by atoms with Crippen LogP contribution in [-0.4, -0.2) is 37.5 Å². The lowest BCUT2D eigenvalue weighted by molar-refractivity contribution is -0.385. The summed E-state index contributed by atoms with van der Waals surface area (Å²) in [4.78, 5) is 69.7. The van der Waals surface area contributed by atoms with Gasteiger partial charge in [0.25, 0.3) is 34.8 Å². The van der Waals surface area contributed by atoms with Gasteiger partial charge in [0.05, 0.1) is 25.9 Å². The normalized spacial score (nSPS) is 12.5. The second-order valence-electron chi connectivity index (χ2n) is 6.79. The number of non-ortho nitro benzene ring substituents is 3. The molecule has 164 valence electrons. The fourth-order valence-electron chi connectivity index (χ4n) is 3.39. The molecule has 4 rings (SSSR count). The molecule has 1 N–H and O–H groups in total. The van der Waals surface area contributed by atoms with Gasteiger partial charge in [-0.2, -0.15) is 5.01 Å². The zero-order valence-electron chi connectivity index (χ0n) is 16.1. The van der Waals surface area contributed by atoms with Gasteiger partial charge in [0, 0.05) is 47.3 Å². The van der Waals surface area contributed by atoms with Crippen LogP contribution in [-0.2, 0) is 0 Å². The molecule has 0 atom stereocenters. The quantitative estimate of drug-likeness (QED) is 0.344. The second-order valence-corrected chi connectivity index (χ2v) is 6.79. The first-order valence-electron chi connectivity index (χ1n) is 8.93. The monoisotopic (exact) mass is 451 g/mol. The molecule has 0 saturated heterocycles. The smallest absolute Gasteiger partial charge is 0.267 e. The fraction of sp³-hybridized carbons (Fsp3) is 0. The summed E-state index contributed by atoms with van der Waals surface area (Å²) in [5.41, 5.74) is -0.431. The molecule has 33 heavy (non-hydrogen) atoms. The number of carbonyl (C=O) groups is 3. The van der Waals surface area contributed by atoms with Crippen molar-refractivity contribution in [3.8, 4) is 0 Å². The largest absolute Gasteiger partial charge is 0.280 e. The molecule has 1 aliphatic heterocycles. The first-order valence-corrected chi connectivity index (χ1v) is 8.93. The third kappa shape index (κ3) is 3.46. The van der Waals surface area contributed by atoms with E-state index in [1.54, 1.807) is 0 Å². The van der Waals surface area contributed by atoms with Gasteiger partial charge in [-0.3, -0.25) is 50.2 Å². The summed E-state index contributed by atoms with van der Waals surface area (Å²) in [5.74, 6) is -3.29. The minimum Gasteiger partial charge on any atom is -0.267 e. The molecule has 0 unspecified atom stereocenters. The molecule has 3 aromatic rings. The Labute approximate surface area is 181 Å². The predicted octanol–water partition coefficient (Wildman–Crippen LogP) is 2.51. The predicted molar refractivity (Wildman–Crippen MR) is 108 cm³/mol. The standard InChI is InChI=1S/C19H9N5O9/c25-17(9-2-1-3-11(4-9)22(28)29)20-21-18(26)14-7-12(23(30)31)5-10-6-13(24(32)33)8-15(16(10)14)19(21)27/h1-8H,(H,20,25). The van der Waals surface area contributed by atoms with Crippen LogP contribution >= 0.6 is 0 Å². The maximum Gasteiger partial charge on any atom is 0.280 e. The highest BCUT2D eigenvalue weighted by Gasteiger charge is 2.37. The molecule has 0 aliphatic carbocycles. The minimum absolute atomic E-state index is 0.0398. The van der Waals surface area contributed by atoms with Crippen LogP contribution in [0.2, 0.25) is 0 Å². The number of carbonyl (C=O) groups excluding carboxylic acids is 3. The summed E-state index contributed by atoms with van der Waals surface area (Å²) in [6, 6.07) is 8.22. The van der Waals surface area contributed by atoms with Gasteiger partial charge < -0.3 is 0 Å². The number of hydrogen-bond acceptors (Lipinski definition) is 9. The molecule has 0 spiro atoms. The summed E-state index contributed by atoms with van der Waals surface area (Å²) in [7, 11) is 0. The molecule has 3 amide bonds. The second kappa shape index (κ2) is 7.45.